The zero-order valence-electron chi connectivity index (χ0n) is 10.9. The number of halogens is 2. The van der Waals surface area contributed by atoms with Crippen LogP contribution in [-0.2, 0) is 13.1 Å². The number of benzene rings is 1. The summed E-state index contributed by atoms with van der Waals surface area (Å²) in [6.07, 6.45) is 1.38. The Balaban J connectivity index is 2.12. The van der Waals surface area contributed by atoms with Crippen LogP contribution in [0.3, 0.4) is 0 Å². The largest absolute Gasteiger partial charge is 0.396 e. The van der Waals surface area contributed by atoms with Crippen molar-refractivity contribution in [3.63, 3.8) is 0 Å². The molecular weight excluding hydrogens is 266 g/mol. The number of nitrogens with one attached hydrogen (secondary N) is 1. The van der Waals surface area contributed by atoms with Crippen LogP contribution in [0.25, 0.3) is 0 Å². The molecule has 0 unspecified atom stereocenters. The molecule has 0 bridgehead atoms. The number of nitrogen functional groups attached to an aromatic ring is 1. The summed E-state index contributed by atoms with van der Waals surface area (Å²) in [5, 5.41) is 6.44. The summed E-state index contributed by atoms with van der Waals surface area (Å²) in [5.74, 6) is -1.62. The van der Waals surface area contributed by atoms with Crippen molar-refractivity contribution >= 4 is 11.6 Å². The molecule has 2 rings (SSSR count). The second-order valence-corrected chi connectivity index (χ2v) is 4.18. The van der Waals surface area contributed by atoms with Crippen molar-refractivity contribution < 1.29 is 13.6 Å². The van der Waals surface area contributed by atoms with Crippen LogP contribution in [-0.4, -0.2) is 15.7 Å². The lowest BCUT2D eigenvalue weighted by atomic mass is 10.2. The molecule has 0 aliphatic carbocycles. The predicted octanol–water partition coefficient (Wildman–Crippen LogP) is 1.69. The van der Waals surface area contributed by atoms with Crippen molar-refractivity contribution in [3.05, 3.63) is 47.3 Å². The van der Waals surface area contributed by atoms with Crippen LogP contribution in [0.2, 0.25) is 0 Å². The Hall–Kier alpha value is -2.44. The molecule has 1 aromatic heterocycles. The maximum atomic E-state index is 13.4. The van der Waals surface area contributed by atoms with E-state index in [2.05, 4.69) is 10.4 Å². The molecule has 5 nitrogen and oxygen atoms in total. The van der Waals surface area contributed by atoms with Gasteiger partial charge in [-0.3, -0.25) is 9.48 Å². The smallest absolute Gasteiger partial charge is 0.271 e. The van der Waals surface area contributed by atoms with Gasteiger partial charge in [0.05, 0.1) is 11.9 Å². The second-order valence-electron chi connectivity index (χ2n) is 4.18. The van der Waals surface area contributed by atoms with Crippen LogP contribution in [0.15, 0.2) is 24.4 Å². The lowest BCUT2D eigenvalue weighted by Gasteiger charge is -2.08. The maximum Gasteiger partial charge on any atom is 0.271 e. The molecule has 0 aliphatic heterocycles. The Bertz CT molecular complexity index is 639. The van der Waals surface area contributed by atoms with E-state index in [4.69, 9.17) is 5.73 Å². The maximum absolute atomic E-state index is 13.4. The summed E-state index contributed by atoms with van der Waals surface area (Å²) in [5.41, 5.74) is 6.18. The fraction of sp³-hybridized carbons (Fsp3) is 0.231. The van der Waals surface area contributed by atoms with Crippen LogP contribution >= 0.6 is 0 Å². The Labute approximate surface area is 114 Å². The third-order valence-electron chi connectivity index (χ3n) is 2.83. The monoisotopic (exact) mass is 280 g/mol. The number of aryl methyl sites for hydroxylation is 1. The van der Waals surface area contributed by atoms with E-state index >= 15 is 0 Å². The van der Waals surface area contributed by atoms with Gasteiger partial charge in [-0.15, -0.1) is 0 Å². The lowest BCUT2D eigenvalue weighted by Crippen LogP contribution is -2.27. The van der Waals surface area contributed by atoms with Gasteiger partial charge >= 0.3 is 0 Å². The predicted molar refractivity (Wildman–Crippen MR) is 69.8 cm³/mol. The van der Waals surface area contributed by atoms with Gasteiger partial charge in [-0.05, 0) is 25.1 Å². The molecule has 3 N–H and O–H groups in total. The van der Waals surface area contributed by atoms with E-state index < -0.39 is 17.5 Å². The molecule has 0 saturated heterocycles. The summed E-state index contributed by atoms with van der Waals surface area (Å²) in [6, 6.07) is 3.07. The molecule has 1 heterocycles. The number of rotatable bonds is 4. The Morgan fingerprint density at radius 1 is 1.45 bits per heavy atom. The Morgan fingerprint density at radius 2 is 2.20 bits per heavy atom. The third-order valence-corrected chi connectivity index (χ3v) is 2.83. The van der Waals surface area contributed by atoms with Crippen molar-refractivity contribution in [2.75, 3.05) is 5.73 Å². The van der Waals surface area contributed by atoms with Gasteiger partial charge in [0, 0.05) is 18.7 Å². The van der Waals surface area contributed by atoms with Gasteiger partial charge in [-0.2, -0.15) is 5.10 Å². The quantitative estimate of drug-likeness (QED) is 0.895. The minimum atomic E-state index is -0.580. The number of carbonyl (C=O) groups is 1. The zero-order valence-corrected chi connectivity index (χ0v) is 10.9. The van der Waals surface area contributed by atoms with E-state index in [1.807, 2.05) is 6.92 Å². The van der Waals surface area contributed by atoms with Gasteiger partial charge in [0.25, 0.3) is 5.91 Å². The first-order chi connectivity index (χ1) is 9.52. The molecule has 7 heteroatoms. The van der Waals surface area contributed by atoms with Gasteiger partial charge < -0.3 is 11.1 Å². The molecule has 1 aromatic carbocycles. The van der Waals surface area contributed by atoms with Gasteiger partial charge in [0.1, 0.15) is 17.3 Å². The number of aromatic nitrogens is 2. The van der Waals surface area contributed by atoms with Crippen molar-refractivity contribution in [3.8, 4) is 0 Å². The molecule has 0 spiro atoms. The highest BCUT2D eigenvalue weighted by molar-refractivity contribution is 5.97. The second kappa shape index (κ2) is 5.68. The third kappa shape index (κ3) is 2.76. The minimum absolute atomic E-state index is 0.0690. The molecule has 106 valence electrons. The highest BCUT2D eigenvalue weighted by atomic mass is 19.1. The van der Waals surface area contributed by atoms with E-state index in [1.54, 1.807) is 0 Å². The molecule has 0 radical (unpaired) electrons. The highest BCUT2D eigenvalue weighted by Crippen LogP contribution is 2.12. The highest BCUT2D eigenvalue weighted by Gasteiger charge is 2.16. The molecular formula is C13H14F2N4O. The average Bonchev–Trinajstić information content (AvgIpc) is 2.80. The Kier molecular flexibility index (Phi) is 3.97. The number of nitrogens with zero attached hydrogens (tertiary/aromatic N) is 2. The molecule has 0 aliphatic rings. The first kappa shape index (κ1) is 14.0. The topological polar surface area (TPSA) is 72.9 Å². The number of hydrogen-bond acceptors (Lipinski definition) is 3. The summed E-state index contributed by atoms with van der Waals surface area (Å²) in [6.45, 7) is 2.17. The number of nitrogens with two attached hydrogens (primary N) is 1. The first-order valence-electron chi connectivity index (χ1n) is 6.06. The first-order valence-corrected chi connectivity index (χ1v) is 6.06. The minimum Gasteiger partial charge on any atom is -0.396 e. The van der Waals surface area contributed by atoms with E-state index in [-0.39, 0.29) is 23.5 Å². The van der Waals surface area contributed by atoms with Crippen molar-refractivity contribution in [1.82, 2.24) is 15.1 Å². The summed E-state index contributed by atoms with van der Waals surface area (Å²) in [4.78, 5) is 12.0. The van der Waals surface area contributed by atoms with E-state index in [0.29, 0.717) is 6.54 Å². The standard InChI is InChI=1S/C13H14F2N4O/c1-2-19-12(11(16)7-18-19)13(20)17-6-8-5-9(14)3-4-10(8)15/h3-5,7H,2,6,16H2,1H3,(H,17,20). The van der Waals surface area contributed by atoms with E-state index in [0.717, 1.165) is 18.2 Å². The summed E-state index contributed by atoms with van der Waals surface area (Å²) in [7, 11) is 0. The molecule has 2 aromatic rings. The SMILES string of the molecule is CCn1ncc(N)c1C(=O)NCc1cc(F)ccc1F. The zero-order chi connectivity index (χ0) is 14.7. The summed E-state index contributed by atoms with van der Waals surface area (Å²) < 4.78 is 27.9. The van der Waals surface area contributed by atoms with Gasteiger partial charge in [0.15, 0.2) is 0 Å². The van der Waals surface area contributed by atoms with Crippen LogP contribution in [0.1, 0.15) is 23.0 Å². The van der Waals surface area contributed by atoms with Crippen molar-refractivity contribution in [2.24, 2.45) is 0 Å². The van der Waals surface area contributed by atoms with E-state index in [9.17, 15) is 13.6 Å². The molecule has 1 amide bonds. The number of amides is 1. The van der Waals surface area contributed by atoms with Gasteiger partial charge in [-0.25, -0.2) is 8.78 Å². The van der Waals surface area contributed by atoms with Gasteiger partial charge in [0.2, 0.25) is 0 Å². The van der Waals surface area contributed by atoms with Gasteiger partial charge in [-0.1, -0.05) is 0 Å². The van der Waals surface area contributed by atoms with Crippen molar-refractivity contribution in [1.29, 1.82) is 0 Å². The molecule has 0 saturated carbocycles. The van der Waals surface area contributed by atoms with Crippen LogP contribution < -0.4 is 11.1 Å². The van der Waals surface area contributed by atoms with E-state index in [1.165, 1.54) is 10.9 Å². The fourth-order valence-corrected chi connectivity index (χ4v) is 1.83. The molecule has 20 heavy (non-hydrogen) atoms. The Morgan fingerprint density at radius 3 is 2.90 bits per heavy atom. The van der Waals surface area contributed by atoms with Crippen molar-refractivity contribution in [2.45, 2.75) is 20.0 Å². The average molecular weight is 280 g/mol. The van der Waals surface area contributed by atoms with Crippen LogP contribution in [0.4, 0.5) is 14.5 Å². The van der Waals surface area contributed by atoms with Crippen LogP contribution in [0, 0.1) is 11.6 Å². The fourth-order valence-electron chi connectivity index (χ4n) is 1.83. The molecule has 0 fully saturated rings. The molecule has 0 atom stereocenters. The lowest BCUT2D eigenvalue weighted by molar-refractivity contribution is 0.0941. The number of hydrogen-bond donors (Lipinski definition) is 2. The van der Waals surface area contributed by atoms with Crippen LogP contribution in [0.5, 0.6) is 0 Å². The number of carbonyl (C=O) groups excluding carboxylic acids is 1. The summed E-state index contributed by atoms with van der Waals surface area (Å²) >= 11 is 0. The number of anilines is 1. The normalized spacial score (nSPS) is 10.6.